The maximum absolute atomic E-state index is 11.3. The molecule has 0 atom stereocenters. The van der Waals surface area contributed by atoms with Crippen LogP contribution in [0.3, 0.4) is 0 Å². The average Bonchev–Trinajstić information content (AvgIpc) is 2.90. The molecule has 0 unspecified atom stereocenters. The van der Waals surface area contributed by atoms with Gasteiger partial charge in [0.25, 0.3) is 0 Å². The van der Waals surface area contributed by atoms with Crippen LogP contribution in [0, 0.1) is 11.8 Å². The van der Waals surface area contributed by atoms with Crippen LogP contribution in [0.5, 0.6) is 5.75 Å². The number of para-hydroxylation sites is 1. The third-order valence-corrected chi connectivity index (χ3v) is 4.25. The number of hydrogen-bond acceptors (Lipinski definition) is 2. The third kappa shape index (κ3) is 2.36. The fourth-order valence-electron chi connectivity index (χ4n) is 3.15. The number of benzene rings is 3. The van der Waals surface area contributed by atoms with E-state index in [0.29, 0.717) is 0 Å². The minimum atomic E-state index is -1.28. The molecule has 0 heterocycles. The van der Waals surface area contributed by atoms with Crippen LogP contribution in [0.1, 0.15) is 11.1 Å². The molecular weight excluding hydrogens is 296 g/mol. The quantitative estimate of drug-likeness (QED) is 0.725. The highest BCUT2D eigenvalue weighted by Gasteiger charge is 2.39. The van der Waals surface area contributed by atoms with Crippen molar-refractivity contribution in [2.45, 2.75) is 5.60 Å². The van der Waals surface area contributed by atoms with E-state index in [9.17, 15) is 5.11 Å². The molecule has 2 heteroatoms. The van der Waals surface area contributed by atoms with Gasteiger partial charge in [-0.15, -0.1) is 0 Å². The first kappa shape index (κ1) is 14.6. The molecule has 0 spiro atoms. The van der Waals surface area contributed by atoms with Gasteiger partial charge in [-0.1, -0.05) is 78.6 Å². The van der Waals surface area contributed by atoms with Gasteiger partial charge in [-0.25, -0.2) is 0 Å². The summed E-state index contributed by atoms with van der Waals surface area (Å²) in [7, 11) is 0. The normalized spacial score (nSPS) is 13.4. The Balaban J connectivity index is 1.66. The summed E-state index contributed by atoms with van der Waals surface area (Å²) in [6.07, 6.45) is 0. The molecule has 0 amide bonds. The lowest BCUT2D eigenvalue weighted by molar-refractivity contribution is 0.150. The van der Waals surface area contributed by atoms with E-state index < -0.39 is 5.60 Å². The smallest absolute Gasteiger partial charge is 0.178 e. The van der Waals surface area contributed by atoms with Crippen molar-refractivity contribution in [2.24, 2.45) is 0 Å². The summed E-state index contributed by atoms with van der Waals surface area (Å²) in [6.45, 7) is 0.233. The second-order valence-electron chi connectivity index (χ2n) is 5.71. The van der Waals surface area contributed by atoms with Crippen LogP contribution in [0.2, 0.25) is 0 Å². The van der Waals surface area contributed by atoms with E-state index in [1.807, 2.05) is 78.9 Å². The first-order valence-electron chi connectivity index (χ1n) is 7.89. The minimum absolute atomic E-state index is 0.233. The summed E-state index contributed by atoms with van der Waals surface area (Å²) in [5, 5.41) is 11.3. The molecule has 0 aromatic heterocycles. The fourth-order valence-corrected chi connectivity index (χ4v) is 3.15. The molecule has 0 aliphatic heterocycles. The van der Waals surface area contributed by atoms with Gasteiger partial charge in [-0.2, -0.15) is 0 Å². The highest BCUT2D eigenvalue weighted by molar-refractivity contribution is 5.81. The molecule has 0 bridgehead atoms. The number of ether oxygens (including phenoxy) is 1. The van der Waals surface area contributed by atoms with Crippen LogP contribution < -0.4 is 4.74 Å². The van der Waals surface area contributed by atoms with Crippen molar-refractivity contribution in [3.63, 3.8) is 0 Å². The molecule has 1 aliphatic rings. The van der Waals surface area contributed by atoms with Gasteiger partial charge < -0.3 is 9.84 Å². The Bertz CT molecular complexity index is 887. The SMILES string of the molecule is OC1(C#CCOc2ccccc2)c2ccccc2-c2ccccc21. The zero-order valence-corrected chi connectivity index (χ0v) is 13.1. The molecule has 1 N–H and O–H groups in total. The lowest BCUT2D eigenvalue weighted by Gasteiger charge is -2.18. The molecule has 0 fully saturated rings. The van der Waals surface area contributed by atoms with Crippen LogP contribution in [0.25, 0.3) is 11.1 Å². The second-order valence-corrected chi connectivity index (χ2v) is 5.71. The van der Waals surface area contributed by atoms with Crippen LogP contribution in [0.4, 0.5) is 0 Å². The molecule has 0 saturated heterocycles. The van der Waals surface area contributed by atoms with Gasteiger partial charge in [0.15, 0.2) is 5.60 Å². The highest BCUT2D eigenvalue weighted by atomic mass is 16.5. The molecule has 1 aliphatic carbocycles. The molecule has 24 heavy (non-hydrogen) atoms. The summed E-state index contributed by atoms with van der Waals surface area (Å²) in [5.41, 5.74) is 2.45. The van der Waals surface area contributed by atoms with E-state index in [4.69, 9.17) is 4.74 Å². The molecule has 0 saturated carbocycles. The van der Waals surface area contributed by atoms with E-state index in [-0.39, 0.29) is 6.61 Å². The van der Waals surface area contributed by atoms with Gasteiger partial charge in [0, 0.05) is 11.1 Å². The van der Waals surface area contributed by atoms with Crippen molar-refractivity contribution < 1.29 is 9.84 Å². The topological polar surface area (TPSA) is 29.5 Å². The monoisotopic (exact) mass is 312 g/mol. The summed E-state index contributed by atoms with van der Waals surface area (Å²) >= 11 is 0. The van der Waals surface area contributed by atoms with Crippen molar-refractivity contribution in [3.05, 3.63) is 90.0 Å². The van der Waals surface area contributed by atoms with Gasteiger partial charge in [0.05, 0.1) is 0 Å². The summed E-state index contributed by atoms with van der Waals surface area (Å²) in [6, 6.07) is 25.3. The standard InChI is InChI=1S/C22H16O2/c23-22(15-8-16-24-17-9-2-1-3-10-17)20-13-6-4-11-18(20)19-12-5-7-14-21(19)22/h1-7,9-14,23H,16H2. The van der Waals surface area contributed by atoms with E-state index in [1.165, 1.54) is 0 Å². The predicted molar refractivity (Wildman–Crippen MR) is 94.6 cm³/mol. The summed E-state index contributed by atoms with van der Waals surface area (Å²) < 4.78 is 5.60. The van der Waals surface area contributed by atoms with E-state index >= 15 is 0 Å². The first-order valence-corrected chi connectivity index (χ1v) is 7.89. The van der Waals surface area contributed by atoms with Gasteiger partial charge in [-0.05, 0) is 23.3 Å². The van der Waals surface area contributed by atoms with Crippen LogP contribution in [-0.2, 0) is 5.60 Å². The summed E-state index contributed by atoms with van der Waals surface area (Å²) in [4.78, 5) is 0. The number of rotatable bonds is 2. The van der Waals surface area contributed by atoms with Crippen molar-refractivity contribution >= 4 is 0 Å². The third-order valence-electron chi connectivity index (χ3n) is 4.25. The first-order chi connectivity index (χ1) is 11.8. The lowest BCUT2D eigenvalue weighted by atomic mass is 9.92. The largest absolute Gasteiger partial charge is 0.481 e. The Morgan fingerprint density at radius 2 is 1.29 bits per heavy atom. The highest BCUT2D eigenvalue weighted by Crippen LogP contribution is 2.46. The molecule has 0 radical (unpaired) electrons. The average molecular weight is 312 g/mol. The van der Waals surface area contributed by atoms with Crippen molar-refractivity contribution in [2.75, 3.05) is 6.61 Å². The fraction of sp³-hybridized carbons (Fsp3) is 0.0909. The minimum Gasteiger partial charge on any atom is -0.481 e. The Hall–Kier alpha value is -3.02. The van der Waals surface area contributed by atoms with Crippen LogP contribution >= 0.6 is 0 Å². The number of hydrogen-bond donors (Lipinski definition) is 1. The summed E-state index contributed by atoms with van der Waals surface area (Å²) in [5.74, 6) is 6.77. The molecule has 3 aromatic carbocycles. The van der Waals surface area contributed by atoms with Crippen molar-refractivity contribution in [3.8, 4) is 28.7 Å². The molecule has 4 rings (SSSR count). The van der Waals surface area contributed by atoms with E-state index in [2.05, 4.69) is 11.8 Å². The Labute approximate surface area is 141 Å². The Morgan fingerprint density at radius 1 is 0.750 bits per heavy atom. The van der Waals surface area contributed by atoms with Crippen molar-refractivity contribution in [1.29, 1.82) is 0 Å². The second kappa shape index (κ2) is 5.88. The number of fused-ring (bicyclic) bond motifs is 3. The van der Waals surface area contributed by atoms with E-state index in [1.54, 1.807) is 0 Å². The zero-order chi connectivity index (χ0) is 16.4. The van der Waals surface area contributed by atoms with Gasteiger partial charge in [0.1, 0.15) is 12.4 Å². The maximum atomic E-state index is 11.3. The molecule has 2 nitrogen and oxygen atoms in total. The lowest BCUT2D eigenvalue weighted by Crippen LogP contribution is -2.22. The van der Waals surface area contributed by atoms with Gasteiger partial charge in [0.2, 0.25) is 0 Å². The van der Waals surface area contributed by atoms with Crippen molar-refractivity contribution in [1.82, 2.24) is 0 Å². The Kier molecular flexibility index (Phi) is 3.57. The van der Waals surface area contributed by atoms with E-state index in [0.717, 1.165) is 28.0 Å². The van der Waals surface area contributed by atoms with Gasteiger partial charge in [-0.3, -0.25) is 0 Å². The zero-order valence-electron chi connectivity index (χ0n) is 13.1. The number of aliphatic hydroxyl groups is 1. The van der Waals surface area contributed by atoms with Gasteiger partial charge >= 0.3 is 0 Å². The molecule has 116 valence electrons. The van der Waals surface area contributed by atoms with Crippen LogP contribution in [-0.4, -0.2) is 11.7 Å². The molecule has 3 aromatic rings. The van der Waals surface area contributed by atoms with Crippen LogP contribution in [0.15, 0.2) is 78.9 Å². The maximum Gasteiger partial charge on any atom is 0.178 e. The Morgan fingerprint density at radius 3 is 1.92 bits per heavy atom. The molecular formula is C22H16O2. The predicted octanol–water partition coefficient (Wildman–Crippen LogP) is 3.99.